The maximum absolute atomic E-state index is 14.8. The molecule has 2 unspecified atom stereocenters. The number of piperidine rings is 1. The van der Waals surface area contributed by atoms with E-state index >= 15 is 0 Å². The van der Waals surface area contributed by atoms with Crippen molar-refractivity contribution in [3.05, 3.63) is 107 Å². The Bertz CT molecular complexity index is 1360. The first-order chi connectivity index (χ1) is 19.4. The van der Waals surface area contributed by atoms with E-state index in [0.29, 0.717) is 37.1 Å². The van der Waals surface area contributed by atoms with Gasteiger partial charge in [0.05, 0.1) is 6.61 Å². The van der Waals surface area contributed by atoms with Gasteiger partial charge in [-0.15, -0.1) is 0 Å². The molecule has 1 N–H and O–H groups in total. The number of aliphatic hydroxyl groups excluding tert-OH is 1. The van der Waals surface area contributed by atoms with Gasteiger partial charge in [-0.3, -0.25) is 9.88 Å². The fourth-order valence-electron chi connectivity index (χ4n) is 5.93. The predicted octanol–water partition coefficient (Wildman–Crippen LogP) is 5.00. The lowest BCUT2D eigenvalue weighted by Gasteiger charge is -2.45. The van der Waals surface area contributed by atoms with Crippen molar-refractivity contribution in [1.29, 1.82) is 0 Å². The van der Waals surface area contributed by atoms with Crippen LogP contribution in [0.1, 0.15) is 29.5 Å². The first-order valence-electron chi connectivity index (χ1n) is 13.4. The standard InChI is InChI=1S/C31H33F3N4O2/c1-36(26-11-13-37(27(15-26)17-32)19-22-6-5-12-35-18-22)30(40)38-20-23(28-14-25(33)9-10-29(28)34)16-31(38,21-39)24-7-3-2-4-8-24/h2-10,12,14,16,18,26-27,39H,11,13,15,17,19-21H2,1H3/t26?,27?,31-/m1/s1. The van der Waals surface area contributed by atoms with Gasteiger partial charge in [0.1, 0.15) is 23.8 Å². The molecule has 0 radical (unpaired) electrons. The number of nitrogens with zero attached hydrogens (tertiary/aromatic N) is 4. The summed E-state index contributed by atoms with van der Waals surface area (Å²) in [6, 6.07) is 15.1. The number of amides is 2. The Morgan fingerprint density at radius 3 is 2.65 bits per heavy atom. The van der Waals surface area contributed by atoms with Crippen molar-refractivity contribution in [2.24, 2.45) is 0 Å². The van der Waals surface area contributed by atoms with Crippen molar-refractivity contribution >= 4 is 11.6 Å². The van der Waals surface area contributed by atoms with Crippen LogP contribution in [0.4, 0.5) is 18.0 Å². The summed E-state index contributed by atoms with van der Waals surface area (Å²) in [7, 11) is 1.69. The zero-order chi connectivity index (χ0) is 28.3. The SMILES string of the molecule is CN(C(=O)N1CC(c2cc(F)ccc2F)=C[C@@]1(CO)c1ccccc1)C1CCN(Cc2cccnc2)C(CF)C1. The van der Waals surface area contributed by atoms with Crippen LogP contribution in [-0.4, -0.2) is 76.3 Å². The quantitative estimate of drug-likeness (QED) is 0.450. The van der Waals surface area contributed by atoms with Gasteiger partial charge >= 0.3 is 6.03 Å². The molecule has 1 fully saturated rings. The third-order valence-corrected chi connectivity index (χ3v) is 8.19. The number of halogens is 3. The van der Waals surface area contributed by atoms with E-state index in [2.05, 4.69) is 9.88 Å². The van der Waals surface area contributed by atoms with E-state index in [1.807, 2.05) is 18.2 Å². The first-order valence-corrected chi connectivity index (χ1v) is 13.4. The number of aromatic nitrogens is 1. The normalized spacial score (nSPS) is 23.2. The maximum Gasteiger partial charge on any atom is 0.321 e. The molecule has 6 nitrogen and oxygen atoms in total. The van der Waals surface area contributed by atoms with Gasteiger partial charge in [-0.25, -0.2) is 18.0 Å². The molecule has 2 aliphatic heterocycles. The highest BCUT2D eigenvalue weighted by molar-refractivity contribution is 5.83. The average molecular weight is 551 g/mol. The second-order valence-corrected chi connectivity index (χ2v) is 10.5. The summed E-state index contributed by atoms with van der Waals surface area (Å²) in [6.45, 7) is 0.164. The number of benzene rings is 2. The summed E-state index contributed by atoms with van der Waals surface area (Å²) in [6.07, 6.45) is 6.22. The molecule has 40 heavy (non-hydrogen) atoms. The van der Waals surface area contributed by atoms with Crippen molar-refractivity contribution in [3.8, 4) is 0 Å². The molecule has 1 aromatic heterocycles. The van der Waals surface area contributed by atoms with Gasteiger partial charge in [-0.2, -0.15) is 0 Å². The monoisotopic (exact) mass is 550 g/mol. The first kappa shape index (κ1) is 27.9. The molecule has 5 rings (SSSR count). The number of rotatable bonds is 7. The van der Waals surface area contributed by atoms with Crippen molar-refractivity contribution in [1.82, 2.24) is 19.7 Å². The van der Waals surface area contributed by atoms with Gasteiger partial charge < -0.3 is 14.9 Å². The van der Waals surface area contributed by atoms with Crippen molar-refractivity contribution < 1.29 is 23.1 Å². The summed E-state index contributed by atoms with van der Waals surface area (Å²) in [5.41, 5.74) is 0.831. The van der Waals surface area contributed by atoms with Gasteiger partial charge in [0.2, 0.25) is 0 Å². The molecule has 9 heteroatoms. The van der Waals surface area contributed by atoms with E-state index in [1.165, 1.54) is 4.90 Å². The van der Waals surface area contributed by atoms with E-state index in [-0.39, 0.29) is 30.2 Å². The Balaban J connectivity index is 1.41. The van der Waals surface area contributed by atoms with E-state index in [9.17, 15) is 23.1 Å². The van der Waals surface area contributed by atoms with Crippen molar-refractivity contribution in [3.63, 3.8) is 0 Å². The fourth-order valence-corrected chi connectivity index (χ4v) is 5.93. The number of alkyl halides is 1. The highest BCUT2D eigenvalue weighted by Crippen LogP contribution is 2.41. The van der Waals surface area contributed by atoms with Crippen LogP contribution in [0.3, 0.4) is 0 Å². The number of carbonyl (C=O) groups excluding carboxylic acids is 1. The summed E-state index contributed by atoms with van der Waals surface area (Å²) in [5.74, 6) is -1.20. The van der Waals surface area contributed by atoms with Gasteiger partial charge in [-0.1, -0.05) is 36.4 Å². The predicted molar refractivity (Wildman–Crippen MR) is 147 cm³/mol. The van der Waals surface area contributed by atoms with Crippen LogP contribution in [0.15, 0.2) is 79.1 Å². The third-order valence-electron chi connectivity index (χ3n) is 8.19. The summed E-state index contributed by atoms with van der Waals surface area (Å²) < 4.78 is 43.1. The summed E-state index contributed by atoms with van der Waals surface area (Å²) in [4.78, 5) is 23.5. The van der Waals surface area contributed by atoms with Gasteiger partial charge in [0.25, 0.3) is 0 Å². The molecular weight excluding hydrogens is 517 g/mol. The van der Waals surface area contributed by atoms with Gasteiger partial charge in [-0.05, 0) is 59.9 Å². The second kappa shape index (κ2) is 11.8. The molecule has 0 bridgehead atoms. The molecule has 3 heterocycles. The summed E-state index contributed by atoms with van der Waals surface area (Å²) >= 11 is 0. The van der Waals surface area contributed by atoms with Crippen LogP contribution in [0.5, 0.6) is 0 Å². The summed E-state index contributed by atoms with van der Waals surface area (Å²) in [5, 5.41) is 10.7. The Labute approximate surface area is 232 Å². The van der Waals surface area contributed by atoms with Crippen LogP contribution in [0, 0.1) is 11.6 Å². The van der Waals surface area contributed by atoms with Crippen molar-refractivity contribution in [2.75, 3.05) is 33.4 Å². The van der Waals surface area contributed by atoms with E-state index in [1.54, 1.807) is 54.7 Å². The highest BCUT2D eigenvalue weighted by atomic mass is 19.1. The number of urea groups is 1. The topological polar surface area (TPSA) is 59.9 Å². The van der Waals surface area contributed by atoms with E-state index in [4.69, 9.17) is 0 Å². The zero-order valence-electron chi connectivity index (χ0n) is 22.4. The molecule has 0 saturated carbocycles. The number of likely N-dealkylation sites (tertiary alicyclic amines) is 1. The molecule has 3 atom stereocenters. The lowest BCUT2D eigenvalue weighted by atomic mass is 9.89. The second-order valence-electron chi connectivity index (χ2n) is 10.5. The number of carbonyl (C=O) groups is 1. The van der Waals surface area contributed by atoms with E-state index in [0.717, 1.165) is 23.8 Å². The molecule has 0 aliphatic carbocycles. The number of pyridine rings is 1. The van der Waals surface area contributed by atoms with Crippen LogP contribution in [-0.2, 0) is 12.1 Å². The minimum atomic E-state index is -1.28. The highest BCUT2D eigenvalue weighted by Gasteiger charge is 2.47. The van der Waals surface area contributed by atoms with Crippen LogP contribution in [0.25, 0.3) is 5.57 Å². The van der Waals surface area contributed by atoms with E-state index < -0.39 is 30.5 Å². The molecule has 1 saturated heterocycles. The average Bonchev–Trinajstić information content (AvgIpc) is 3.39. The largest absolute Gasteiger partial charge is 0.393 e. The maximum atomic E-state index is 14.8. The molecule has 2 aromatic carbocycles. The smallest absolute Gasteiger partial charge is 0.321 e. The molecule has 0 spiro atoms. The number of hydrogen-bond donors (Lipinski definition) is 1. The molecular formula is C31H33F3N4O2. The minimum absolute atomic E-state index is 0.0224. The fraction of sp³-hybridized carbons (Fsp3) is 0.355. The van der Waals surface area contributed by atoms with Crippen LogP contribution < -0.4 is 0 Å². The van der Waals surface area contributed by atoms with Crippen LogP contribution in [0.2, 0.25) is 0 Å². The Hall–Kier alpha value is -3.69. The third kappa shape index (κ3) is 5.36. The lowest BCUT2D eigenvalue weighted by Crippen LogP contribution is -2.57. The Kier molecular flexibility index (Phi) is 8.23. The molecule has 2 amide bonds. The van der Waals surface area contributed by atoms with Gasteiger partial charge in [0.15, 0.2) is 0 Å². The lowest BCUT2D eigenvalue weighted by molar-refractivity contribution is 0.0452. The number of aliphatic hydroxyl groups is 1. The molecule has 210 valence electrons. The number of hydrogen-bond acceptors (Lipinski definition) is 4. The zero-order valence-corrected chi connectivity index (χ0v) is 22.4. The minimum Gasteiger partial charge on any atom is -0.393 e. The van der Waals surface area contributed by atoms with Gasteiger partial charge in [0, 0.05) is 56.7 Å². The Morgan fingerprint density at radius 1 is 1.15 bits per heavy atom. The molecule has 2 aliphatic rings. The van der Waals surface area contributed by atoms with Crippen LogP contribution >= 0.6 is 0 Å². The molecule has 3 aromatic rings. The van der Waals surface area contributed by atoms with Crippen molar-refractivity contribution in [2.45, 2.75) is 37.0 Å². The Morgan fingerprint density at radius 2 is 1.95 bits per heavy atom.